The van der Waals surface area contributed by atoms with Crippen molar-refractivity contribution in [2.75, 3.05) is 36.6 Å². The van der Waals surface area contributed by atoms with E-state index in [9.17, 15) is 4.79 Å². The van der Waals surface area contributed by atoms with E-state index in [-0.39, 0.29) is 5.88 Å². The summed E-state index contributed by atoms with van der Waals surface area (Å²) in [6.45, 7) is 2.60. The van der Waals surface area contributed by atoms with Gasteiger partial charge in [-0.3, -0.25) is 9.84 Å². The standard InChI is InChI=1S/C13H13BrN4O4/c14-11-12(15-13(19)21-10-4-2-1-3-5-10)22-16-18(11)17-6-8-20-9-7-17/h1-5H,6-9H2/p+1. The summed E-state index contributed by atoms with van der Waals surface area (Å²) in [7, 11) is 0. The number of nitrogens with one attached hydrogen (secondary N) is 1. The molecule has 0 radical (unpaired) electrons. The molecule has 0 bridgehead atoms. The number of morpholine rings is 1. The second kappa shape index (κ2) is 6.75. The van der Waals surface area contributed by atoms with Gasteiger partial charge in [0.2, 0.25) is 5.27 Å². The highest BCUT2D eigenvalue weighted by Gasteiger charge is 2.31. The third kappa shape index (κ3) is 3.37. The van der Waals surface area contributed by atoms with Gasteiger partial charge in [0.15, 0.2) is 0 Å². The fourth-order valence-electron chi connectivity index (χ4n) is 1.95. The van der Waals surface area contributed by atoms with E-state index < -0.39 is 6.09 Å². The molecule has 0 spiro atoms. The van der Waals surface area contributed by atoms with Crippen molar-refractivity contribution in [3.63, 3.8) is 0 Å². The van der Waals surface area contributed by atoms with Crippen molar-refractivity contribution in [2.24, 2.45) is 0 Å². The third-order valence-corrected chi connectivity index (χ3v) is 3.67. The molecule has 3 rings (SSSR count). The Balaban J connectivity index is 1.65. The SMILES string of the molecule is O=C(Nc1on[n+](N2CCOCC2)c1Br)Oc1ccccc1. The molecule has 9 heteroatoms. The number of aromatic nitrogens is 2. The van der Waals surface area contributed by atoms with Crippen molar-refractivity contribution in [3.05, 3.63) is 34.9 Å². The van der Waals surface area contributed by atoms with Crippen LogP contribution in [0.2, 0.25) is 0 Å². The van der Waals surface area contributed by atoms with Crippen LogP contribution in [0, 0.1) is 0 Å². The van der Waals surface area contributed by atoms with Crippen LogP contribution in [-0.4, -0.2) is 37.7 Å². The molecule has 0 saturated carbocycles. The number of benzene rings is 1. The molecule has 1 aromatic heterocycles. The minimum Gasteiger partial charge on any atom is -0.410 e. The van der Waals surface area contributed by atoms with Crippen molar-refractivity contribution >= 4 is 27.9 Å². The number of rotatable bonds is 3. The summed E-state index contributed by atoms with van der Waals surface area (Å²) in [5.74, 6) is 0.615. The quantitative estimate of drug-likeness (QED) is 0.821. The number of para-hydroxylation sites is 1. The zero-order valence-corrected chi connectivity index (χ0v) is 13.2. The van der Waals surface area contributed by atoms with Gasteiger partial charge in [0.25, 0.3) is 0 Å². The van der Waals surface area contributed by atoms with Crippen LogP contribution in [0.3, 0.4) is 0 Å². The molecule has 0 atom stereocenters. The van der Waals surface area contributed by atoms with E-state index in [1.807, 2.05) is 11.1 Å². The third-order valence-electron chi connectivity index (χ3n) is 3.00. The Kier molecular flexibility index (Phi) is 4.54. The lowest BCUT2D eigenvalue weighted by molar-refractivity contribution is -0.768. The highest BCUT2D eigenvalue weighted by molar-refractivity contribution is 9.10. The van der Waals surface area contributed by atoms with Crippen LogP contribution >= 0.6 is 15.9 Å². The molecule has 2 heterocycles. The van der Waals surface area contributed by atoms with E-state index in [1.54, 1.807) is 29.1 Å². The van der Waals surface area contributed by atoms with Crippen molar-refractivity contribution in [3.8, 4) is 5.75 Å². The summed E-state index contributed by atoms with van der Waals surface area (Å²) in [5, 5.41) is 8.33. The monoisotopic (exact) mass is 369 g/mol. The first kappa shape index (κ1) is 14.8. The smallest absolute Gasteiger partial charge is 0.410 e. The Bertz CT molecular complexity index is 643. The second-order valence-electron chi connectivity index (χ2n) is 4.48. The van der Waals surface area contributed by atoms with Gasteiger partial charge in [0.05, 0.1) is 31.1 Å². The van der Waals surface area contributed by atoms with Gasteiger partial charge in [-0.05, 0) is 12.1 Å². The summed E-state index contributed by atoms with van der Waals surface area (Å²) in [5.41, 5.74) is 0. The topological polar surface area (TPSA) is 80.7 Å². The number of carbonyl (C=O) groups excluding carboxylic acids is 1. The minimum atomic E-state index is -0.655. The van der Waals surface area contributed by atoms with Gasteiger partial charge in [0, 0.05) is 15.9 Å². The van der Waals surface area contributed by atoms with Crippen LogP contribution in [0.25, 0.3) is 0 Å². The predicted octanol–water partition coefficient (Wildman–Crippen LogP) is 1.30. The van der Waals surface area contributed by atoms with E-state index in [2.05, 4.69) is 26.5 Å². The Labute approximate surface area is 134 Å². The van der Waals surface area contributed by atoms with Gasteiger partial charge >= 0.3 is 16.6 Å². The molecule has 116 valence electrons. The normalized spacial score (nSPS) is 14.7. The van der Waals surface area contributed by atoms with Crippen molar-refractivity contribution in [1.82, 2.24) is 5.27 Å². The second-order valence-corrected chi connectivity index (χ2v) is 5.23. The first-order valence-electron chi connectivity index (χ1n) is 6.68. The average molecular weight is 370 g/mol. The van der Waals surface area contributed by atoms with Gasteiger partial charge in [-0.1, -0.05) is 18.2 Å². The lowest BCUT2D eigenvalue weighted by atomic mass is 10.3. The summed E-state index contributed by atoms with van der Waals surface area (Å²) >= 11 is 3.35. The molecule has 2 aromatic rings. The van der Waals surface area contributed by atoms with E-state index in [4.69, 9.17) is 14.0 Å². The molecule has 8 nitrogen and oxygen atoms in total. The van der Waals surface area contributed by atoms with E-state index >= 15 is 0 Å². The number of anilines is 1. The fraction of sp³-hybridized carbons (Fsp3) is 0.308. The van der Waals surface area contributed by atoms with Crippen LogP contribution in [-0.2, 0) is 4.74 Å². The van der Waals surface area contributed by atoms with E-state index in [0.29, 0.717) is 36.7 Å². The molecule has 1 aliphatic rings. The number of carbonyl (C=O) groups is 1. The Morgan fingerprint density at radius 1 is 1.32 bits per heavy atom. The van der Waals surface area contributed by atoms with Crippen molar-refractivity contribution in [2.45, 2.75) is 0 Å². The van der Waals surface area contributed by atoms with Crippen LogP contribution in [0.5, 0.6) is 5.75 Å². The number of ether oxygens (including phenoxy) is 2. The summed E-state index contributed by atoms with van der Waals surface area (Å²) in [4.78, 5) is 13.4. The first-order chi connectivity index (χ1) is 10.7. The van der Waals surface area contributed by atoms with Crippen molar-refractivity contribution in [1.29, 1.82) is 0 Å². The molecule has 0 unspecified atom stereocenters. The lowest BCUT2D eigenvalue weighted by Crippen LogP contribution is -2.63. The van der Waals surface area contributed by atoms with Gasteiger partial charge < -0.3 is 9.47 Å². The molecular weight excluding hydrogens is 356 g/mol. The molecule has 1 aliphatic heterocycles. The van der Waals surface area contributed by atoms with Crippen LogP contribution in [0.15, 0.2) is 39.5 Å². The van der Waals surface area contributed by atoms with E-state index in [0.717, 1.165) is 0 Å². The predicted molar refractivity (Wildman–Crippen MR) is 79.3 cm³/mol. The lowest BCUT2D eigenvalue weighted by Gasteiger charge is -2.18. The zero-order chi connectivity index (χ0) is 15.4. The molecule has 1 fully saturated rings. The van der Waals surface area contributed by atoms with E-state index in [1.165, 1.54) is 0 Å². The van der Waals surface area contributed by atoms with Gasteiger partial charge in [-0.2, -0.15) is 0 Å². The van der Waals surface area contributed by atoms with Gasteiger partial charge in [-0.15, -0.1) is 5.01 Å². The summed E-state index contributed by atoms with van der Waals surface area (Å²) < 4.78 is 16.0. The van der Waals surface area contributed by atoms with Crippen LogP contribution in [0.4, 0.5) is 10.7 Å². The average Bonchev–Trinajstić information content (AvgIpc) is 2.90. The summed E-state index contributed by atoms with van der Waals surface area (Å²) in [6.07, 6.45) is -0.655. The van der Waals surface area contributed by atoms with Crippen LogP contribution in [0.1, 0.15) is 0 Å². The minimum absolute atomic E-state index is 0.174. The highest BCUT2D eigenvalue weighted by Crippen LogP contribution is 2.18. The Morgan fingerprint density at radius 3 is 2.77 bits per heavy atom. The van der Waals surface area contributed by atoms with Crippen molar-refractivity contribution < 1.29 is 23.6 Å². The molecule has 1 amide bonds. The molecular formula is C13H14BrN4O4+. The number of nitrogens with zero attached hydrogens (tertiary/aromatic N) is 3. The fourth-order valence-corrected chi connectivity index (χ4v) is 2.41. The van der Waals surface area contributed by atoms with Crippen LogP contribution < -0.4 is 19.9 Å². The van der Waals surface area contributed by atoms with Gasteiger partial charge in [0.1, 0.15) is 5.75 Å². The number of amides is 1. The number of halogens is 1. The maximum atomic E-state index is 11.8. The maximum Gasteiger partial charge on any atom is 0.419 e. The highest BCUT2D eigenvalue weighted by atomic mass is 79.9. The zero-order valence-electron chi connectivity index (χ0n) is 11.6. The maximum absolute atomic E-state index is 11.8. The molecule has 0 aliphatic carbocycles. The number of hydrogen-bond acceptors (Lipinski definition) is 6. The molecule has 1 aromatic carbocycles. The summed E-state index contributed by atoms with van der Waals surface area (Å²) in [6, 6.07) is 8.76. The largest absolute Gasteiger partial charge is 0.419 e. The first-order valence-corrected chi connectivity index (χ1v) is 7.48. The van der Waals surface area contributed by atoms with Gasteiger partial charge in [-0.25, -0.2) is 4.79 Å². The number of hydrogen-bond donors (Lipinski definition) is 1. The molecule has 1 N–H and O–H groups in total. The Hall–Kier alpha value is -2.13. The molecule has 1 saturated heterocycles. The Morgan fingerprint density at radius 2 is 2.05 bits per heavy atom. The molecule has 22 heavy (non-hydrogen) atoms.